The summed E-state index contributed by atoms with van der Waals surface area (Å²) in [7, 11) is 3.42. The molecule has 21 heavy (non-hydrogen) atoms. The summed E-state index contributed by atoms with van der Waals surface area (Å²) < 4.78 is 0.300. The first kappa shape index (κ1) is 20.8. The van der Waals surface area contributed by atoms with Crippen LogP contribution in [0.25, 0.3) is 0 Å². The average Bonchev–Trinajstić information content (AvgIpc) is 2.85. The molecular formula is C14H29IN4OS. The van der Waals surface area contributed by atoms with Gasteiger partial charge in [0.2, 0.25) is 5.91 Å². The number of hydrogen-bond acceptors (Lipinski definition) is 3. The van der Waals surface area contributed by atoms with Gasteiger partial charge in [0, 0.05) is 31.9 Å². The molecule has 0 radical (unpaired) electrons. The normalized spacial score (nSPS) is 22.4. The molecule has 0 saturated carbocycles. The molecule has 0 aromatic heterocycles. The van der Waals surface area contributed by atoms with E-state index in [9.17, 15) is 4.79 Å². The van der Waals surface area contributed by atoms with Crippen LogP contribution in [0, 0.1) is 5.41 Å². The summed E-state index contributed by atoms with van der Waals surface area (Å²) in [6, 6.07) is 0. The smallest absolute Gasteiger partial charge is 0.227 e. The van der Waals surface area contributed by atoms with Gasteiger partial charge in [-0.3, -0.25) is 9.79 Å². The summed E-state index contributed by atoms with van der Waals surface area (Å²) in [6.07, 6.45) is 2.53. The van der Waals surface area contributed by atoms with Crippen LogP contribution >= 0.6 is 35.7 Å². The molecule has 1 heterocycles. The third kappa shape index (κ3) is 6.63. The Labute approximate surface area is 149 Å². The quantitative estimate of drug-likeness (QED) is 0.355. The summed E-state index contributed by atoms with van der Waals surface area (Å²) in [5.74, 6) is 2.03. The molecular weight excluding hydrogens is 399 g/mol. The molecule has 1 aliphatic heterocycles. The zero-order chi connectivity index (χ0) is 15.2. The van der Waals surface area contributed by atoms with E-state index in [1.165, 1.54) is 18.6 Å². The molecule has 0 aromatic carbocycles. The van der Waals surface area contributed by atoms with Crippen LogP contribution in [0.3, 0.4) is 0 Å². The number of carbonyl (C=O) groups is 1. The van der Waals surface area contributed by atoms with Gasteiger partial charge < -0.3 is 16.0 Å². The molecule has 0 aromatic rings. The molecule has 5 nitrogen and oxygen atoms in total. The maximum Gasteiger partial charge on any atom is 0.227 e. The van der Waals surface area contributed by atoms with Gasteiger partial charge in [0.25, 0.3) is 0 Å². The van der Waals surface area contributed by atoms with Crippen molar-refractivity contribution in [1.82, 2.24) is 16.0 Å². The number of amides is 1. The van der Waals surface area contributed by atoms with Gasteiger partial charge in [0.15, 0.2) is 5.96 Å². The maximum atomic E-state index is 11.7. The monoisotopic (exact) mass is 428 g/mol. The molecule has 1 saturated heterocycles. The maximum absolute atomic E-state index is 11.7. The second-order valence-electron chi connectivity index (χ2n) is 6.14. The van der Waals surface area contributed by atoms with Crippen molar-refractivity contribution in [3.8, 4) is 0 Å². The summed E-state index contributed by atoms with van der Waals surface area (Å²) in [5.41, 5.74) is -0.460. The molecule has 1 atom stereocenters. The van der Waals surface area contributed by atoms with Gasteiger partial charge in [-0.15, -0.1) is 24.0 Å². The van der Waals surface area contributed by atoms with E-state index >= 15 is 0 Å². The molecule has 124 valence electrons. The Bertz CT molecular complexity index is 368. The summed E-state index contributed by atoms with van der Waals surface area (Å²) in [4.78, 5) is 16.0. The lowest BCUT2D eigenvalue weighted by Gasteiger charge is -2.27. The van der Waals surface area contributed by atoms with Crippen molar-refractivity contribution in [2.75, 3.05) is 32.9 Å². The van der Waals surface area contributed by atoms with Gasteiger partial charge in [-0.05, 0) is 39.4 Å². The minimum Gasteiger partial charge on any atom is -0.359 e. The minimum atomic E-state index is -0.460. The van der Waals surface area contributed by atoms with E-state index < -0.39 is 5.41 Å². The van der Waals surface area contributed by atoms with Crippen molar-refractivity contribution in [3.05, 3.63) is 0 Å². The van der Waals surface area contributed by atoms with Crippen LogP contribution in [-0.2, 0) is 4.79 Å². The van der Waals surface area contributed by atoms with Gasteiger partial charge in [0.05, 0.1) is 5.41 Å². The Balaban J connectivity index is 0.00000400. The van der Waals surface area contributed by atoms with Gasteiger partial charge in [-0.2, -0.15) is 11.8 Å². The van der Waals surface area contributed by atoms with Crippen molar-refractivity contribution in [2.24, 2.45) is 10.4 Å². The number of thioether (sulfide) groups is 1. The fraction of sp³-hybridized carbons (Fsp3) is 0.857. The number of guanidine groups is 1. The molecule has 7 heteroatoms. The molecule has 1 fully saturated rings. The zero-order valence-corrected chi connectivity index (χ0v) is 16.9. The van der Waals surface area contributed by atoms with Gasteiger partial charge >= 0.3 is 0 Å². The highest BCUT2D eigenvalue weighted by molar-refractivity contribution is 14.0. The number of rotatable bonds is 5. The number of nitrogens with one attached hydrogen (secondary N) is 3. The standard InChI is InChI=1S/C14H28N4OS.HI/c1-13(2,11(19)15-4)9-17-12(16-5)18-10-14(3)7-6-8-20-14;/h6-10H2,1-5H3,(H,15,19)(H2,16,17,18);1H. The van der Waals surface area contributed by atoms with Gasteiger partial charge in [-0.1, -0.05) is 0 Å². The van der Waals surface area contributed by atoms with Crippen LogP contribution in [0.2, 0.25) is 0 Å². The third-order valence-electron chi connectivity index (χ3n) is 3.69. The van der Waals surface area contributed by atoms with E-state index in [-0.39, 0.29) is 29.9 Å². The Hall–Kier alpha value is -0.180. The molecule has 1 rings (SSSR count). The largest absolute Gasteiger partial charge is 0.359 e. The number of carbonyl (C=O) groups excluding carboxylic acids is 1. The molecule has 1 aliphatic rings. The first-order valence-corrected chi connectivity index (χ1v) is 8.12. The zero-order valence-electron chi connectivity index (χ0n) is 13.7. The SMILES string of the molecule is CN=C(NCC1(C)CCCS1)NCC(C)(C)C(=O)NC.I. The van der Waals surface area contributed by atoms with Crippen LogP contribution < -0.4 is 16.0 Å². The third-order valence-corrected chi connectivity index (χ3v) is 5.23. The van der Waals surface area contributed by atoms with Crippen LogP contribution in [-0.4, -0.2) is 49.6 Å². The summed E-state index contributed by atoms with van der Waals surface area (Å²) in [6.45, 7) is 7.58. The highest BCUT2D eigenvalue weighted by Gasteiger charge is 2.30. The second-order valence-corrected chi connectivity index (χ2v) is 7.83. The topological polar surface area (TPSA) is 65.5 Å². The highest BCUT2D eigenvalue weighted by atomic mass is 127. The van der Waals surface area contributed by atoms with Crippen molar-refractivity contribution in [2.45, 2.75) is 38.4 Å². The lowest BCUT2D eigenvalue weighted by atomic mass is 9.92. The van der Waals surface area contributed by atoms with Crippen LogP contribution in [0.5, 0.6) is 0 Å². The van der Waals surface area contributed by atoms with Crippen molar-refractivity contribution in [3.63, 3.8) is 0 Å². The van der Waals surface area contributed by atoms with Crippen LogP contribution in [0.4, 0.5) is 0 Å². The lowest BCUT2D eigenvalue weighted by Crippen LogP contribution is -2.49. The molecule has 1 amide bonds. The van der Waals surface area contributed by atoms with Crippen LogP contribution in [0.15, 0.2) is 4.99 Å². The minimum absolute atomic E-state index is 0. The number of nitrogens with zero attached hydrogens (tertiary/aromatic N) is 1. The first-order chi connectivity index (χ1) is 9.33. The van der Waals surface area contributed by atoms with Gasteiger partial charge in [-0.25, -0.2) is 0 Å². The molecule has 1 unspecified atom stereocenters. The summed E-state index contributed by atoms with van der Waals surface area (Å²) in [5, 5.41) is 9.29. The van der Waals surface area contributed by atoms with Crippen molar-refractivity contribution >= 4 is 47.6 Å². The number of halogens is 1. The predicted octanol–water partition coefficient (Wildman–Crippen LogP) is 1.83. The van der Waals surface area contributed by atoms with Crippen molar-refractivity contribution < 1.29 is 4.79 Å². The van der Waals surface area contributed by atoms with E-state index in [0.717, 1.165) is 12.5 Å². The fourth-order valence-corrected chi connectivity index (χ4v) is 3.44. The van der Waals surface area contributed by atoms with E-state index in [4.69, 9.17) is 0 Å². The summed E-state index contributed by atoms with van der Waals surface area (Å²) >= 11 is 2.02. The van der Waals surface area contributed by atoms with E-state index in [0.29, 0.717) is 11.3 Å². The number of hydrogen-bond donors (Lipinski definition) is 3. The van der Waals surface area contributed by atoms with E-state index in [1.807, 2.05) is 25.6 Å². The highest BCUT2D eigenvalue weighted by Crippen LogP contribution is 2.36. The fourth-order valence-electron chi connectivity index (χ4n) is 2.19. The molecule has 0 spiro atoms. The van der Waals surface area contributed by atoms with E-state index in [1.54, 1.807) is 14.1 Å². The molecule has 3 N–H and O–H groups in total. The Morgan fingerprint density at radius 3 is 2.52 bits per heavy atom. The Kier molecular flexibility index (Phi) is 8.99. The number of aliphatic imine (C=N–C) groups is 1. The molecule has 0 bridgehead atoms. The Morgan fingerprint density at radius 1 is 1.38 bits per heavy atom. The predicted molar refractivity (Wildman–Crippen MR) is 103 cm³/mol. The second kappa shape index (κ2) is 9.07. The average molecular weight is 428 g/mol. The van der Waals surface area contributed by atoms with Gasteiger partial charge in [0.1, 0.15) is 0 Å². The first-order valence-electron chi connectivity index (χ1n) is 7.14. The Morgan fingerprint density at radius 2 is 2.05 bits per heavy atom. The molecule has 0 aliphatic carbocycles. The lowest BCUT2D eigenvalue weighted by molar-refractivity contribution is -0.128. The van der Waals surface area contributed by atoms with Crippen molar-refractivity contribution in [1.29, 1.82) is 0 Å². The van der Waals surface area contributed by atoms with E-state index in [2.05, 4.69) is 27.9 Å². The van der Waals surface area contributed by atoms with Crippen LogP contribution in [0.1, 0.15) is 33.6 Å².